The Hall–Kier alpha value is -2.81. The highest BCUT2D eigenvalue weighted by atomic mass is 16.7. The molecule has 1 aliphatic rings. The van der Waals surface area contributed by atoms with E-state index in [1.807, 2.05) is 31.3 Å². The first kappa shape index (κ1) is 21.4. The van der Waals surface area contributed by atoms with E-state index in [0.29, 0.717) is 0 Å². The molecule has 1 unspecified atom stereocenters. The van der Waals surface area contributed by atoms with Gasteiger partial charge in [0.25, 0.3) is 0 Å². The van der Waals surface area contributed by atoms with E-state index in [0.717, 1.165) is 27.6 Å². The topological polar surface area (TPSA) is 43.4 Å². The number of fused-ring (bicyclic) bond motifs is 1. The SMILES string of the molecule is CC#Cc1cnc2ccc(B3OC(C)(C)C(C)(C)O3)cc2c1NC(C)c1ccccc1. The molecular formula is C26H29BN2O2. The highest BCUT2D eigenvalue weighted by Crippen LogP contribution is 2.37. The fourth-order valence-electron chi connectivity index (χ4n) is 3.76. The summed E-state index contributed by atoms with van der Waals surface area (Å²) in [6.07, 6.45) is 1.84. The fourth-order valence-corrected chi connectivity index (χ4v) is 3.76. The van der Waals surface area contributed by atoms with Gasteiger partial charge in [0, 0.05) is 17.6 Å². The van der Waals surface area contributed by atoms with Crippen LogP contribution in [0.5, 0.6) is 0 Å². The average molecular weight is 412 g/mol. The molecule has 0 aliphatic carbocycles. The van der Waals surface area contributed by atoms with Gasteiger partial charge in [0.2, 0.25) is 0 Å². The van der Waals surface area contributed by atoms with Gasteiger partial charge in [-0.1, -0.05) is 48.4 Å². The van der Waals surface area contributed by atoms with Crippen LogP contribution in [0.25, 0.3) is 10.9 Å². The second-order valence-corrected chi connectivity index (χ2v) is 9.06. The van der Waals surface area contributed by atoms with E-state index in [9.17, 15) is 0 Å². The van der Waals surface area contributed by atoms with Gasteiger partial charge in [-0.05, 0) is 58.6 Å². The minimum atomic E-state index is -0.422. The lowest BCUT2D eigenvalue weighted by atomic mass is 9.78. The van der Waals surface area contributed by atoms with E-state index in [2.05, 4.69) is 87.1 Å². The lowest BCUT2D eigenvalue weighted by molar-refractivity contribution is 0.00578. The Kier molecular flexibility index (Phi) is 5.55. The Morgan fingerprint density at radius 3 is 2.32 bits per heavy atom. The number of hydrogen-bond donors (Lipinski definition) is 1. The van der Waals surface area contributed by atoms with Crippen LogP contribution in [0.4, 0.5) is 5.69 Å². The summed E-state index contributed by atoms with van der Waals surface area (Å²) in [6, 6.07) is 16.7. The van der Waals surface area contributed by atoms with Gasteiger partial charge in [-0.2, -0.15) is 0 Å². The van der Waals surface area contributed by atoms with Crippen molar-refractivity contribution in [3.05, 3.63) is 65.9 Å². The van der Waals surface area contributed by atoms with Crippen LogP contribution in [-0.4, -0.2) is 23.3 Å². The predicted molar refractivity (Wildman–Crippen MR) is 128 cm³/mol. The summed E-state index contributed by atoms with van der Waals surface area (Å²) in [7, 11) is -0.422. The molecule has 2 heterocycles. The van der Waals surface area contributed by atoms with Crippen molar-refractivity contribution in [1.29, 1.82) is 0 Å². The number of nitrogens with one attached hydrogen (secondary N) is 1. The Bertz CT molecular complexity index is 1150. The van der Waals surface area contributed by atoms with E-state index in [4.69, 9.17) is 9.31 Å². The first-order valence-corrected chi connectivity index (χ1v) is 10.7. The zero-order valence-electron chi connectivity index (χ0n) is 19.1. The van der Waals surface area contributed by atoms with Crippen molar-refractivity contribution < 1.29 is 9.31 Å². The van der Waals surface area contributed by atoms with Gasteiger partial charge in [-0.15, -0.1) is 5.92 Å². The Morgan fingerprint density at radius 1 is 1.00 bits per heavy atom. The van der Waals surface area contributed by atoms with Crippen LogP contribution in [0.2, 0.25) is 0 Å². The van der Waals surface area contributed by atoms with Crippen LogP contribution >= 0.6 is 0 Å². The molecular weight excluding hydrogens is 383 g/mol. The first-order chi connectivity index (χ1) is 14.7. The van der Waals surface area contributed by atoms with Gasteiger partial charge >= 0.3 is 7.12 Å². The maximum absolute atomic E-state index is 6.28. The van der Waals surface area contributed by atoms with Crippen molar-refractivity contribution in [3.8, 4) is 11.8 Å². The number of pyridine rings is 1. The van der Waals surface area contributed by atoms with Gasteiger partial charge in [0.15, 0.2) is 0 Å². The number of benzene rings is 2. The van der Waals surface area contributed by atoms with E-state index in [-0.39, 0.29) is 17.2 Å². The maximum atomic E-state index is 6.28. The zero-order chi connectivity index (χ0) is 22.2. The molecule has 0 amide bonds. The third-order valence-corrected chi connectivity index (χ3v) is 6.34. The summed E-state index contributed by atoms with van der Waals surface area (Å²) in [5.41, 5.74) is 4.18. The fraction of sp³-hybridized carbons (Fsp3) is 0.346. The molecule has 4 rings (SSSR count). The number of nitrogens with zero attached hydrogens (tertiary/aromatic N) is 1. The van der Waals surface area contributed by atoms with E-state index in [1.165, 1.54) is 5.56 Å². The largest absolute Gasteiger partial charge is 0.494 e. The zero-order valence-corrected chi connectivity index (χ0v) is 19.1. The molecule has 1 aliphatic heterocycles. The predicted octanol–water partition coefficient (Wildman–Crippen LogP) is 5.08. The second kappa shape index (κ2) is 8.03. The molecule has 158 valence electrons. The standard InChI is InChI=1S/C26H29BN2O2/c1-7-11-20-17-28-23-15-14-21(27-30-25(3,4)26(5,6)31-27)16-22(23)24(20)29-18(2)19-12-9-8-10-13-19/h8-10,12-18H,1-6H3,(H,28,29). The second-order valence-electron chi connectivity index (χ2n) is 9.06. The number of aromatic nitrogens is 1. The smallest absolute Gasteiger partial charge is 0.399 e. The van der Waals surface area contributed by atoms with E-state index in [1.54, 1.807) is 0 Å². The minimum absolute atomic E-state index is 0.115. The van der Waals surface area contributed by atoms with Crippen molar-refractivity contribution in [2.45, 2.75) is 58.8 Å². The van der Waals surface area contributed by atoms with Crippen LogP contribution < -0.4 is 10.8 Å². The molecule has 0 bridgehead atoms. The summed E-state index contributed by atoms with van der Waals surface area (Å²) in [5, 5.41) is 4.69. The Labute approximate surface area is 185 Å². The molecule has 2 aromatic carbocycles. The summed E-state index contributed by atoms with van der Waals surface area (Å²) in [5.74, 6) is 6.22. The highest BCUT2D eigenvalue weighted by Gasteiger charge is 2.51. The highest BCUT2D eigenvalue weighted by molar-refractivity contribution is 6.62. The molecule has 5 heteroatoms. The lowest BCUT2D eigenvalue weighted by Gasteiger charge is -2.32. The summed E-state index contributed by atoms with van der Waals surface area (Å²) in [6.45, 7) is 12.3. The molecule has 1 atom stereocenters. The van der Waals surface area contributed by atoms with Crippen molar-refractivity contribution in [2.24, 2.45) is 0 Å². The van der Waals surface area contributed by atoms with Crippen molar-refractivity contribution in [3.63, 3.8) is 0 Å². The molecule has 4 nitrogen and oxygen atoms in total. The third kappa shape index (κ3) is 4.06. The van der Waals surface area contributed by atoms with Crippen LogP contribution in [0.3, 0.4) is 0 Å². The molecule has 1 fully saturated rings. The number of anilines is 1. The van der Waals surface area contributed by atoms with Gasteiger partial charge in [-0.3, -0.25) is 4.98 Å². The molecule has 31 heavy (non-hydrogen) atoms. The summed E-state index contributed by atoms with van der Waals surface area (Å²) < 4.78 is 12.6. The average Bonchev–Trinajstić information content (AvgIpc) is 2.97. The van der Waals surface area contributed by atoms with Gasteiger partial charge in [-0.25, -0.2) is 0 Å². The lowest BCUT2D eigenvalue weighted by Crippen LogP contribution is -2.41. The van der Waals surface area contributed by atoms with Crippen LogP contribution in [0, 0.1) is 11.8 Å². The molecule has 1 aromatic heterocycles. The quantitative estimate of drug-likeness (QED) is 0.480. The van der Waals surface area contributed by atoms with E-state index < -0.39 is 7.12 Å². The van der Waals surface area contributed by atoms with Crippen molar-refractivity contribution in [2.75, 3.05) is 5.32 Å². The van der Waals surface area contributed by atoms with Gasteiger partial charge in [0.05, 0.1) is 28.0 Å². The Morgan fingerprint density at radius 2 is 1.68 bits per heavy atom. The van der Waals surface area contributed by atoms with E-state index >= 15 is 0 Å². The molecule has 0 saturated carbocycles. The monoisotopic (exact) mass is 412 g/mol. The van der Waals surface area contributed by atoms with Crippen LogP contribution in [0.15, 0.2) is 54.7 Å². The summed E-state index contributed by atoms with van der Waals surface area (Å²) >= 11 is 0. The minimum Gasteiger partial charge on any atom is -0.399 e. The maximum Gasteiger partial charge on any atom is 0.494 e. The Balaban J connectivity index is 1.78. The van der Waals surface area contributed by atoms with Crippen LogP contribution in [-0.2, 0) is 9.31 Å². The number of rotatable bonds is 4. The molecule has 3 aromatic rings. The normalized spacial score (nSPS) is 17.8. The molecule has 1 N–H and O–H groups in total. The molecule has 0 radical (unpaired) electrons. The molecule has 0 spiro atoms. The van der Waals surface area contributed by atoms with Crippen molar-refractivity contribution in [1.82, 2.24) is 4.98 Å². The first-order valence-electron chi connectivity index (χ1n) is 10.7. The van der Waals surface area contributed by atoms with Gasteiger partial charge in [0.1, 0.15) is 0 Å². The van der Waals surface area contributed by atoms with Gasteiger partial charge < -0.3 is 14.6 Å². The van der Waals surface area contributed by atoms with Crippen molar-refractivity contribution >= 4 is 29.2 Å². The molecule has 1 saturated heterocycles. The number of hydrogen-bond acceptors (Lipinski definition) is 4. The third-order valence-electron chi connectivity index (χ3n) is 6.34. The summed E-state index contributed by atoms with van der Waals surface area (Å²) in [4.78, 5) is 4.64. The van der Waals surface area contributed by atoms with Crippen LogP contribution in [0.1, 0.15) is 58.7 Å².